The summed E-state index contributed by atoms with van der Waals surface area (Å²) >= 11 is 0. The fourth-order valence-electron chi connectivity index (χ4n) is 2.99. The number of nitrogens with one attached hydrogen (secondary N) is 2. The highest BCUT2D eigenvalue weighted by Crippen LogP contribution is 2.35. The van der Waals surface area contributed by atoms with Crippen LogP contribution in [0.4, 0.5) is 5.69 Å². The van der Waals surface area contributed by atoms with E-state index >= 15 is 0 Å². The van der Waals surface area contributed by atoms with Crippen molar-refractivity contribution in [3.8, 4) is 0 Å². The van der Waals surface area contributed by atoms with Crippen LogP contribution in [0.15, 0.2) is 29.2 Å². The molecule has 0 spiro atoms. The van der Waals surface area contributed by atoms with Gasteiger partial charge in [0.2, 0.25) is 10.0 Å². The number of benzene rings is 1. The second-order valence-electron chi connectivity index (χ2n) is 6.32. The summed E-state index contributed by atoms with van der Waals surface area (Å²) in [6.45, 7) is 4.41. The highest BCUT2D eigenvalue weighted by atomic mass is 32.2. The van der Waals surface area contributed by atoms with Gasteiger partial charge < -0.3 is 5.32 Å². The summed E-state index contributed by atoms with van der Waals surface area (Å²) in [5.74, 6) is 0. The van der Waals surface area contributed by atoms with E-state index in [1.54, 1.807) is 25.2 Å². The van der Waals surface area contributed by atoms with E-state index in [1.807, 2.05) is 6.07 Å². The number of anilines is 1. The maximum atomic E-state index is 12.5. The van der Waals surface area contributed by atoms with Crippen LogP contribution in [0.2, 0.25) is 0 Å². The van der Waals surface area contributed by atoms with Gasteiger partial charge in [0.05, 0.1) is 5.69 Å². The van der Waals surface area contributed by atoms with Gasteiger partial charge in [-0.2, -0.15) is 0 Å². The van der Waals surface area contributed by atoms with Crippen LogP contribution in [-0.2, 0) is 10.0 Å². The van der Waals surface area contributed by atoms with Crippen molar-refractivity contribution in [1.82, 2.24) is 4.72 Å². The first-order valence-electron chi connectivity index (χ1n) is 7.13. The van der Waals surface area contributed by atoms with Crippen LogP contribution in [0.25, 0.3) is 0 Å². The molecule has 0 amide bonds. The molecule has 0 aromatic heterocycles. The van der Waals surface area contributed by atoms with Crippen LogP contribution in [0, 0.1) is 5.41 Å². The second-order valence-corrected chi connectivity index (χ2v) is 8.01. The van der Waals surface area contributed by atoms with Gasteiger partial charge in [0, 0.05) is 13.1 Å². The van der Waals surface area contributed by atoms with E-state index in [0.29, 0.717) is 10.6 Å². The Morgan fingerprint density at radius 2 is 1.95 bits per heavy atom. The average molecular weight is 296 g/mol. The summed E-state index contributed by atoms with van der Waals surface area (Å²) < 4.78 is 28.0. The van der Waals surface area contributed by atoms with Gasteiger partial charge in [0.1, 0.15) is 4.90 Å². The standard InChI is InChI=1S/C15H24N2O2S/c1-15(2)10-6-7-12(11-15)17-20(18,19)14-9-5-4-8-13(14)16-3/h4-5,8-9,12,16-17H,6-7,10-11H2,1-3H3. The third-order valence-corrected chi connectivity index (χ3v) is 5.55. The van der Waals surface area contributed by atoms with Gasteiger partial charge in [0.25, 0.3) is 0 Å². The van der Waals surface area contributed by atoms with Crippen molar-refractivity contribution in [3.05, 3.63) is 24.3 Å². The molecule has 0 saturated heterocycles. The number of para-hydroxylation sites is 1. The van der Waals surface area contributed by atoms with Gasteiger partial charge in [-0.05, 0) is 36.8 Å². The van der Waals surface area contributed by atoms with Crippen molar-refractivity contribution in [2.45, 2.75) is 50.5 Å². The molecule has 1 saturated carbocycles. The molecule has 1 fully saturated rings. The van der Waals surface area contributed by atoms with Crippen LogP contribution < -0.4 is 10.0 Å². The van der Waals surface area contributed by atoms with E-state index in [1.165, 1.54) is 6.42 Å². The molecule has 0 heterocycles. The molecular weight excluding hydrogens is 272 g/mol. The minimum atomic E-state index is -3.47. The van der Waals surface area contributed by atoms with Gasteiger partial charge in [-0.15, -0.1) is 0 Å². The zero-order chi connectivity index (χ0) is 14.8. The fourth-order valence-corrected chi connectivity index (χ4v) is 4.47. The number of rotatable bonds is 4. The lowest BCUT2D eigenvalue weighted by Gasteiger charge is -2.35. The van der Waals surface area contributed by atoms with E-state index in [9.17, 15) is 8.42 Å². The topological polar surface area (TPSA) is 58.2 Å². The van der Waals surface area contributed by atoms with Crippen LogP contribution >= 0.6 is 0 Å². The molecule has 0 aliphatic heterocycles. The van der Waals surface area contributed by atoms with Crippen molar-refractivity contribution in [3.63, 3.8) is 0 Å². The molecular formula is C15H24N2O2S. The van der Waals surface area contributed by atoms with E-state index in [-0.39, 0.29) is 11.5 Å². The Hall–Kier alpha value is -1.07. The molecule has 1 aliphatic carbocycles. The maximum Gasteiger partial charge on any atom is 0.242 e. The molecule has 112 valence electrons. The van der Waals surface area contributed by atoms with Crippen molar-refractivity contribution in [2.75, 3.05) is 12.4 Å². The van der Waals surface area contributed by atoms with E-state index in [4.69, 9.17) is 0 Å². The zero-order valence-corrected chi connectivity index (χ0v) is 13.3. The van der Waals surface area contributed by atoms with E-state index in [0.717, 1.165) is 19.3 Å². The van der Waals surface area contributed by atoms with E-state index < -0.39 is 10.0 Å². The summed E-state index contributed by atoms with van der Waals surface area (Å²) in [6.07, 6.45) is 4.06. The molecule has 5 heteroatoms. The summed E-state index contributed by atoms with van der Waals surface area (Å²) in [5.41, 5.74) is 0.851. The second kappa shape index (κ2) is 5.74. The predicted molar refractivity (Wildman–Crippen MR) is 82.3 cm³/mol. The summed E-state index contributed by atoms with van der Waals surface area (Å²) in [7, 11) is -1.73. The first kappa shape index (κ1) is 15.3. The van der Waals surface area contributed by atoms with E-state index in [2.05, 4.69) is 23.9 Å². The number of hydrogen-bond acceptors (Lipinski definition) is 3. The van der Waals surface area contributed by atoms with Crippen molar-refractivity contribution in [2.24, 2.45) is 5.41 Å². The van der Waals surface area contributed by atoms with Crippen LogP contribution in [-0.4, -0.2) is 21.5 Å². The van der Waals surface area contributed by atoms with Gasteiger partial charge in [-0.3, -0.25) is 0 Å². The summed E-state index contributed by atoms with van der Waals surface area (Å²) in [5, 5.41) is 2.94. The summed E-state index contributed by atoms with van der Waals surface area (Å²) in [6, 6.07) is 7.03. The fraction of sp³-hybridized carbons (Fsp3) is 0.600. The Morgan fingerprint density at radius 1 is 1.25 bits per heavy atom. The normalized spacial score (nSPS) is 22.4. The molecule has 0 radical (unpaired) electrons. The SMILES string of the molecule is CNc1ccccc1S(=O)(=O)NC1CCCC(C)(C)C1. The monoisotopic (exact) mass is 296 g/mol. The summed E-state index contributed by atoms with van der Waals surface area (Å²) in [4.78, 5) is 0.325. The molecule has 0 bridgehead atoms. The molecule has 4 nitrogen and oxygen atoms in total. The number of hydrogen-bond donors (Lipinski definition) is 2. The minimum Gasteiger partial charge on any atom is -0.387 e. The number of sulfonamides is 1. The first-order valence-corrected chi connectivity index (χ1v) is 8.61. The molecule has 2 rings (SSSR count). The van der Waals surface area contributed by atoms with Crippen molar-refractivity contribution >= 4 is 15.7 Å². The first-order chi connectivity index (χ1) is 9.34. The third kappa shape index (κ3) is 3.52. The lowest BCUT2D eigenvalue weighted by atomic mass is 9.75. The van der Waals surface area contributed by atoms with Crippen molar-refractivity contribution < 1.29 is 8.42 Å². The van der Waals surface area contributed by atoms with Gasteiger partial charge in [-0.25, -0.2) is 13.1 Å². The molecule has 1 unspecified atom stereocenters. The molecule has 1 atom stereocenters. The Kier molecular flexibility index (Phi) is 4.39. The minimum absolute atomic E-state index is 0.0358. The van der Waals surface area contributed by atoms with Crippen LogP contribution in [0.1, 0.15) is 39.5 Å². The lowest BCUT2D eigenvalue weighted by molar-refractivity contribution is 0.212. The Morgan fingerprint density at radius 3 is 2.60 bits per heavy atom. The van der Waals surface area contributed by atoms with Crippen LogP contribution in [0.5, 0.6) is 0 Å². The molecule has 1 aliphatic rings. The highest BCUT2D eigenvalue weighted by molar-refractivity contribution is 7.89. The quantitative estimate of drug-likeness (QED) is 0.898. The molecule has 2 N–H and O–H groups in total. The average Bonchev–Trinajstić information content (AvgIpc) is 2.37. The van der Waals surface area contributed by atoms with Gasteiger partial charge in [0.15, 0.2) is 0 Å². The maximum absolute atomic E-state index is 12.5. The van der Waals surface area contributed by atoms with Gasteiger partial charge >= 0.3 is 0 Å². The van der Waals surface area contributed by atoms with Gasteiger partial charge in [-0.1, -0.05) is 32.4 Å². The Labute approximate surface area is 122 Å². The molecule has 1 aromatic carbocycles. The largest absolute Gasteiger partial charge is 0.387 e. The highest BCUT2D eigenvalue weighted by Gasteiger charge is 2.31. The van der Waals surface area contributed by atoms with Crippen molar-refractivity contribution in [1.29, 1.82) is 0 Å². The lowest BCUT2D eigenvalue weighted by Crippen LogP contribution is -2.40. The molecule has 1 aromatic rings. The zero-order valence-electron chi connectivity index (χ0n) is 12.4. The Bertz CT molecular complexity index is 567. The third-order valence-electron chi connectivity index (χ3n) is 3.97. The van der Waals surface area contributed by atoms with Crippen LogP contribution in [0.3, 0.4) is 0 Å². The Balaban J connectivity index is 2.19. The predicted octanol–water partition coefficient (Wildman–Crippen LogP) is 2.98. The molecule has 20 heavy (non-hydrogen) atoms. The smallest absolute Gasteiger partial charge is 0.242 e.